The van der Waals surface area contributed by atoms with Gasteiger partial charge in [0.2, 0.25) is 9.84 Å². The number of nitrogens with zero attached hydrogens (tertiary/aromatic N) is 3. The molecule has 11 rings (SSSR count). The molecular weight excluding hydrogens is 763 g/mol. The van der Waals surface area contributed by atoms with Crippen molar-refractivity contribution in [3.8, 4) is 45.3 Å². The Morgan fingerprint density at radius 1 is 0.373 bits per heavy atom. The van der Waals surface area contributed by atoms with Crippen LogP contribution in [0, 0.1) is 0 Å². The van der Waals surface area contributed by atoms with Gasteiger partial charge in [-0.1, -0.05) is 164 Å². The van der Waals surface area contributed by atoms with Gasteiger partial charge in [0.25, 0.3) is 0 Å². The van der Waals surface area contributed by atoms with E-state index < -0.39 is 15.3 Å². The third kappa shape index (κ3) is 5.65. The van der Waals surface area contributed by atoms with Gasteiger partial charge in [0.05, 0.1) is 15.2 Å². The van der Waals surface area contributed by atoms with Crippen LogP contribution >= 0.6 is 11.3 Å². The zero-order valence-corrected chi connectivity index (χ0v) is 33.2. The molecule has 0 spiro atoms. The van der Waals surface area contributed by atoms with Crippen LogP contribution in [0.25, 0.3) is 65.5 Å². The van der Waals surface area contributed by atoms with E-state index in [0.717, 1.165) is 50.1 Å². The van der Waals surface area contributed by atoms with Gasteiger partial charge in [-0.25, -0.2) is 23.4 Å². The van der Waals surface area contributed by atoms with Crippen LogP contribution in [0.2, 0.25) is 0 Å². The maximum absolute atomic E-state index is 14.2. The average Bonchev–Trinajstić information content (AvgIpc) is 3.68. The lowest BCUT2D eigenvalue weighted by Gasteiger charge is -2.41. The molecule has 0 atom stereocenters. The maximum atomic E-state index is 14.2. The molecule has 59 heavy (non-hydrogen) atoms. The van der Waals surface area contributed by atoms with Crippen LogP contribution in [0.3, 0.4) is 0 Å². The van der Waals surface area contributed by atoms with E-state index in [1.807, 2.05) is 84.9 Å². The molecule has 0 fully saturated rings. The summed E-state index contributed by atoms with van der Waals surface area (Å²) in [6.07, 6.45) is 0. The Labute approximate surface area is 345 Å². The van der Waals surface area contributed by atoms with E-state index in [4.69, 9.17) is 15.0 Å². The minimum atomic E-state index is -3.77. The van der Waals surface area contributed by atoms with Crippen molar-refractivity contribution in [2.75, 3.05) is 0 Å². The summed E-state index contributed by atoms with van der Waals surface area (Å²) in [6, 6.07) is 66.9. The van der Waals surface area contributed by atoms with Crippen molar-refractivity contribution < 1.29 is 8.42 Å². The van der Waals surface area contributed by atoms with Gasteiger partial charge in [-0.05, 0) is 69.8 Å². The number of benzene rings is 8. The fraction of sp³-hybridized carbons (Fsp3) is 0.0192. The number of thiophene rings is 1. The maximum Gasteiger partial charge on any atom is 0.207 e. The van der Waals surface area contributed by atoms with E-state index in [-0.39, 0.29) is 0 Å². The molecule has 1 aliphatic heterocycles. The first-order chi connectivity index (χ1) is 29.0. The number of hydrogen-bond acceptors (Lipinski definition) is 6. The number of rotatable bonds is 6. The molecule has 0 saturated heterocycles. The predicted molar refractivity (Wildman–Crippen MR) is 238 cm³/mol. The second kappa shape index (κ2) is 13.8. The molecule has 1 aliphatic rings. The summed E-state index contributed by atoms with van der Waals surface area (Å²) >= 11 is 1.77. The van der Waals surface area contributed by atoms with E-state index in [1.54, 1.807) is 35.6 Å². The van der Waals surface area contributed by atoms with E-state index in [2.05, 4.69) is 91.0 Å². The summed E-state index contributed by atoms with van der Waals surface area (Å²) in [5.74, 6) is 1.78. The van der Waals surface area contributed by atoms with Crippen molar-refractivity contribution in [2.24, 2.45) is 0 Å². The first-order valence-corrected chi connectivity index (χ1v) is 21.7. The Hall–Kier alpha value is -7.06. The summed E-state index contributed by atoms with van der Waals surface area (Å²) in [7, 11) is -3.77. The predicted octanol–water partition coefficient (Wildman–Crippen LogP) is 12.4. The second-order valence-corrected chi connectivity index (χ2v) is 17.7. The number of fused-ring (bicyclic) bond motifs is 5. The third-order valence-corrected chi connectivity index (χ3v) is 14.4. The fourth-order valence-electron chi connectivity index (χ4n) is 8.75. The molecule has 0 saturated carbocycles. The molecule has 0 amide bonds. The summed E-state index contributed by atoms with van der Waals surface area (Å²) in [5, 5.41) is 2.47. The molecule has 280 valence electrons. The Morgan fingerprint density at radius 2 is 0.864 bits per heavy atom. The van der Waals surface area contributed by atoms with Crippen molar-refractivity contribution >= 4 is 41.3 Å². The summed E-state index contributed by atoms with van der Waals surface area (Å²) in [4.78, 5) is 15.9. The van der Waals surface area contributed by atoms with Crippen LogP contribution in [-0.2, 0) is 15.3 Å². The molecule has 0 bridgehead atoms. The van der Waals surface area contributed by atoms with Crippen molar-refractivity contribution in [3.63, 3.8) is 0 Å². The summed E-state index contributed by atoms with van der Waals surface area (Å²) in [5.41, 5.74) is 7.16. The zero-order chi connectivity index (χ0) is 39.6. The van der Waals surface area contributed by atoms with Crippen molar-refractivity contribution in [3.05, 3.63) is 222 Å². The van der Waals surface area contributed by atoms with E-state index in [9.17, 15) is 8.42 Å². The van der Waals surface area contributed by atoms with E-state index in [1.165, 1.54) is 20.2 Å². The molecule has 0 radical (unpaired) electrons. The first-order valence-electron chi connectivity index (χ1n) is 19.4. The summed E-state index contributed by atoms with van der Waals surface area (Å²) < 4.78 is 30.9. The van der Waals surface area contributed by atoms with Crippen LogP contribution in [0.1, 0.15) is 22.3 Å². The SMILES string of the molecule is O=S1(=O)c2ccccc2C(c2ccccc2)(c2cccc(-c3cccc(-c4nc(-c5ccccc5)nc(-c5ccc6c(c5)sc5ccccc56)n4)c3)c2)c2ccccc21. The standard InChI is InChI=1S/C52H33N3O2S2/c56-59(57)47-27-11-8-24-43(47)52(39-20-5-2-6-21-39,44-25-9-12-28-48(44)59)40-22-14-18-36(32-40)35-17-13-19-37(31-35)50-53-49(34-15-3-1-4-16-34)54-51(55-50)38-29-30-42-41-23-7-10-26-45(41)58-46(42)33-38/h1-33H. The molecule has 10 aromatic rings. The van der Waals surface area contributed by atoms with E-state index >= 15 is 0 Å². The van der Waals surface area contributed by atoms with Gasteiger partial charge in [0.15, 0.2) is 17.5 Å². The number of hydrogen-bond donors (Lipinski definition) is 0. The van der Waals surface area contributed by atoms with Gasteiger partial charge in [0.1, 0.15) is 0 Å². The monoisotopic (exact) mass is 795 g/mol. The normalized spacial score (nSPS) is 13.8. The first kappa shape index (κ1) is 35.1. The van der Waals surface area contributed by atoms with Crippen LogP contribution in [0.15, 0.2) is 210 Å². The van der Waals surface area contributed by atoms with Gasteiger partial charge in [-0.2, -0.15) is 0 Å². The Bertz CT molecular complexity index is 3310. The van der Waals surface area contributed by atoms with Crippen molar-refractivity contribution in [1.29, 1.82) is 0 Å². The molecule has 2 aromatic heterocycles. The largest absolute Gasteiger partial charge is 0.218 e. The Kier molecular flexibility index (Phi) is 8.22. The second-order valence-electron chi connectivity index (χ2n) is 14.8. The highest BCUT2D eigenvalue weighted by atomic mass is 32.2. The van der Waals surface area contributed by atoms with Crippen LogP contribution in [-0.4, -0.2) is 23.4 Å². The van der Waals surface area contributed by atoms with Crippen molar-refractivity contribution in [1.82, 2.24) is 15.0 Å². The minimum absolute atomic E-state index is 0.321. The number of sulfone groups is 1. The lowest BCUT2D eigenvalue weighted by molar-refractivity contribution is 0.579. The van der Waals surface area contributed by atoms with Crippen LogP contribution in [0.4, 0.5) is 0 Å². The third-order valence-electron chi connectivity index (χ3n) is 11.4. The molecule has 7 heteroatoms. The zero-order valence-electron chi connectivity index (χ0n) is 31.5. The highest BCUT2D eigenvalue weighted by Gasteiger charge is 2.48. The number of aromatic nitrogens is 3. The van der Waals surface area contributed by atoms with Crippen LogP contribution in [0.5, 0.6) is 0 Å². The Balaban J connectivity index is 1.07. The molecule has 0 N–H and O–H groups in total. The van der Waals surface area contributed by atoms with Crippen LogP contribution < -0.4 is 0 Å². The lowest BCUT2D eigenvalue weighted by atomic mass is 9.64. The highest BCUT2D eigenvalue weighted by Crippen LogP contribution is 2.53. The molecule has 5 nitrogen and oxygen atoms in total. The smallest absolute Gasteiger partial charge is 0.207 e. The van der Waals surface area contributed by atoms with Gasteiger partial charge < -0.3 is 0 Å². The van der Waals surface area contributed by atoms with Gasteiger partial charge >= 0.3 is 0 Å². The summed E-state index contributed by atoms with van der Waals surface area (Å²) in [6.45, 7) is 0. The lowest BCUT2D eigenvalue weighted by Crippen LogP contribution is -2.37. The molecule has 0 unspecified atom stereocenters. The Morgan fingerprint density at radius 3 is 1.58 bits per heavy atom. The average molecular weight is 796 g/mol. The quantitative estimate of drug-likeness (QED) is 0.168. The molecule has 8 aromatic carbocycles. The van der Waals surface area contributed by atoms with Gasteiger partial charge in [-0.3, -0.25) is 0 Å². The minimum Gasteiger partial charge on any atom is -0.218 e. The van der Waals surface area contributed by atoms with Gasteiger partial charge in [0, 0.05) is 36.9 Å². The van der Waals surface area contributed by atoms with E-state index in [0.29, 0.717) is 27.3 Å². The van der Waals surface area contributed by atoms with Crippen molar-refractivity contribution in [2.45, 2.75) is 15.2 Å². The molecule has 3 heterocycles. The molecular formula is C52H33N3O2S2. The highest BCUT2D eigenvalue weighted by molar-refractivity contribution is 7.91. The fourth-order valence-corrected chi connectivity index (χ4v) is 11.7. The van der Waals surface area contributed by atoms with Gasteiger partial charge in [-0.15, -0.1) is 11.3 Å². The topological polar surface area (TPSA) is 72.8 Å². The molecule has 0 aliphatic carbocycles.